The maximum Gasteiger partial charge on any atom is 0.337 e. The first-order valence-corrected chi connectivity index (χ1v) is 6.02. The van der Waals surface area contributed by atoms with Gasteiger partial charge in [-0.1, -0.05) is 6.07 Å². The van der Waals surface area contributed by atoms with Crippen molar-refractivity contribution in [2.24, 2.45) is 0 Å². The van der Waals surface area contributed by atoms with E-state index in [0.717, 1.165) is 0 Å². The van der Waals surface area contributed by atoms with Crippen LogP contribution in [0, 0.1) is 12.7 Å². The first kappa shape index (κ1) is 13.9. The molecule has 104 valence electrons. The molecule has 4 nitrogen and oxygen atoms in total. The van der Waals surface area contributed by atoms with E-state index in [0.29, 0.717) is 28.2 Å². The van der Waals surface area contributed by atoms with Crippen LogP contribution in [0.5, 0.6) is 0 Å². The van der Waals surface area contributed by atoms with Gasteiger partial charge in [0.15, 0.2) is 0 Å². The highest BCUT2D eigenvalue weighted by Crippen LogP contribution is 2.25. The van der Waals surface area contributed by atoms with Gasteiger partial charge in [0.05, 0.1) is 24.0 Å². The van der Waals surface area contributed by atoms with Crippen LogP contribution in [0.25, 0.3) is 0 Å². The van der Waals surface area contributed by atoms with Gasteiger partial charge >= 0.3 is 5.97 Å². The number of methoxy groups -OCH3 is 1. The van der Waals surface area contributed by atoms with E-state index in [1.54, 1.807) is 37.3 Å². The molecule has 0 aromatic heterocycles. The van der Waals surface area contributed by atoms with Gasteiger partial charge < -0.3 is 15.8 Å². The summed E-state index contributed by atoms with van der Waals surface area (Å²) >= 11 is 0. The van der Waals surface area contributed by atoms with E-state index in [9.17, 15) is 9.18 Å². The number of nitrogen functional groups attached to an aromatic ring is 1. The van der Waals surface area contributed by atoms with Crippen molar-refractivity contribution in [1.29, 1.82) is 0 Å². The van der Waals surface area contributed by atoms with Crippen molar-refractivity contribution < 1.29 is 13.9 Å². The molecule has 0 heterocycles. The molecule has 0 aliphatic carbocycles. The van der Waals surface area contributed by atoms with Gasteiger partial charge in [0.25, 0.3) is 0 Å². The summed E-state index contributed by atoms with van der Waals surface area (Å²) in [5.41, 5.74) is 8.31. The fraction of sp³-hybridized carbons (Fsp3) is 0.133. The van der Waals surface area contributed by atoms with Crippen LogP contribution in [-0.2, 0) is 4.74 Å². The van der Waals surface area contributed by atoms with Gasteiger partial charge in [-0.15, -0.1) is 0 Å². The van der Waals surface area contributed by atoms with Crippen LogP contribution in [0.15, 0.2) is 36.4 Å². The van der Waals surface area contributed by atoms with Crippen LogP contribution < -0.4 is 11.1 Å². The number of rotatable bonds is 3. The van der Waals surface area contributed by atoms with E-state index in [1.165, 1.54) is 13.2 Å². The number of carbonyl (C=O) groups is 1. The normalized spacial score (nSPS) is 10.2. The van der Waals surface area contributed by atoms with Crippen molar-refractivity contribution in [2.75, 3.05) is 18.2 Å². The summed E-state index contributed by atoms with van der Waals surface area (Å²) < 4.78 is 18.1. The van der Waals surface area contributed by atoms with E-state index >= 15 is 0 Å². The van der Waals surface area contributed by atoms with E-state index in [1.807, 2.05) is 0 Å². The average Bonchev–Trinajstić information content (AvgIpc) is 2.44. The van der Waals surface area contributed by atoms with E-state index < -0.39 is 5.97 Å². The maximum atomic E-state index is 13.5. The monoisotopic (exact) mass is 274 g/mol. The Bertz CT molecular complexity index is 656. The lowest BCUT2D eigenvalue weighted by atomic mass is 10.1. The molecule has 0 aliphatic heterocycles. The number of halogens is 1. The molecule has 0 atom stereocenters. The van der Waals surface area contributed by atoms with E-state index in [-0.39, 0.29) is 5.82 Å². The molecular formula is C15H15FN2O2. The van der Waals surface area contributed by atoms with E-state index in [4.69, 9.17) is 5.73 Å². The Balaban J connectivity index is 2.32. The highest BCUT2D eigenvalue weighted by atomic mass is 19.1. The van der Waals surface area contributed by atoms with Gasteiger partial charge in [-0.25, -0.2) is 9.18 Å². The second-order valence-electron chi connectivity index (χ2n) is 4.38. The Morgan fingerprint density at radius 1 is 1.25 bits per heavy atom. The third kappa shape index (κ3) is 2.88. The fourth-order valence-corrected chi connectivity index (χ4v) is 1.74. The zero-order valence-electron chi connectivity index (χ0n) is 11.2. The van der Waals surface area contributed by atoms with Crippen LogP contribution in [0.2, 0.25) is 0 Å². The Kier molecular flexibility index (Phi) is 3.89. The molecule has 0 radical (unpaired) electrons. The van der Waals surface area contributed by atoms with Crippen LogP contribution in [0.3, 0.4) is 0 Å². The molecule has 2 aromatic rings. The fourth-order valence-electron chi connectivity index (χ4n) is 1.74. The molecule has 0 fully saturated rings. The second kappa shape index (κ2) is 5.61. The van der Waals surface area contributed by atoms with Gasteiger partial charge in [0.2, 0.25) is 0 Å². The molecule has 5 heteroatoms. The first-order valence-electron chi connectivity index (χ1n) is 6.02. The summed E-state index contributed by atoms with van der Waals surface area (Å²) in [7, 11) is 1.31. The van der Waals surface area contributed by atoms with Crippen molar-refractivity contribution in [1.82, 2.24) is 0 Å². The Hall–Kier alpha value is -2.56. The molecule has 0 spiro atoms. The maximum absolute atomic E-state index is 13.5. The number of hydrogen-bond acceptors (Lipinski definition) is 4. The average molecular weight is 274 g/mol. The van der Waals surface area contributed by atoms with Crippen molar-refractivity contribution >= 4 is 23.0 Å². The third-order valence-corrected chi connectivity index (χ3v) is 2.93. The van der Waals surface area contributed by atoms with Crippen molar-refractivity contribution in [2.45, 2.75) is 6.92 Å². The number of esters is 1. The highest BCUT2D eigenvalue weighted by molar-refractivity contribution is 5.92. The zero-order chi connectivity index (χ0) is 14.7. The summed E-state index contributed by atoms with van der Waals surface area (Å²) in [4.78, 5) is 11.5. The summed E-state index contributed by atoms with van der Waals surface area (Å²) in [6.07, 6.45) is 0. The minimum Gasteiger partial charge on any atom is -0.465 e. The summed E-state index contributed by atoms with van der Waals surface area (Å²) in [5.74, 6) is -0.763. The minimum atomic E-state index is -0.455. The summed E-state index contributed by atoms with van der Waals surface area (Å²) in [6.45, 7) is 1.69. The van der Waals surface area contributed by atoms with E-state index in [2.05, 4.69) is 10.1 Å². The molecule has 0 saturated carbocycles. The molecule has 0 unspecified atom stereocenters. The van der Waals surface area contributed by atoms with Crippen LogP contribution in [0.1, 0.15) is 15.9 Å². The molecule has 3 N–H and O–H groups in total. The van der Waals surface area contributed by atoms with Crippen LogP contribution in [0.4, 0.5) is 21.5 Å². The van der Waals surface area contributed by atoms with Gasteiger partial charge in [0, 0.05) is 5.69 Å². The quantitative estimate of drug-likeness (QED) is 0.666. The molecule has 2 rings (SSSR count). The molecular weight excluding hydrogens is 259 g/mol. The summed E-state index contributed by atoms with van der Waals surface area (Å²) in [5, 5.41) is 2.99. The Morgan fingerprint density at radius 2 is 2.00 bits per heavy atom. The predicted molar refractivity (Wildman–Crippen MR) is 76.6 cm³/mol. The number of hydrogen-bond donors (Lipinski definition) is 2. The topological polar surface area (TPSA) is 64.3 Å². The van der Waals surface area contributed by atoms with Gasteiger partial charge in [-0.3, -0.25) is 0 Å². The Labute approximate surface area is 116 Å². The number of carbonyl (C=O) groups excluding carboxylic acids is 1. The number of nitrogens with one attached hydrogen (secondary N) is 1. The number of benzene rings is 2. The first-order chi connectivity index (χ1) is 9.51. The Morgan fingerprint density at radius 3 is 2.65 bits per heavy atom. The molecule has 0 saturated heterocycles. The molecule has 2 aromatic carbocycles. The largest absolute Gasteiger partial charge is 0.465 e. The van der Waals surface area contributed by atoms with Crippen LogP contribution >= 0.6 is 0 Å². The molecule has 0 amide bonds. The summed E-state index contributed by atoms with van der Waals surface area (Å²) in [6, 6.07) is 9.51. The van der Waals surface area contributed by atoms with Gasteiger partial charge in [0.1, 0.15) is 5.82 Å². The number of nitrogens with two attached hydrogens (primary N) is 1. The number of anilines is 3. The number of ether oxygens (including phenoxy) is 1. The SMILES string of the molecule is COC(=O)c1ccc(N)c(Nc2ccc(C)c(F)c2)c1. The standard InChI is InChI=1S/C15H15FN2O2/c1-9-3-5-11(8-12(9)16)18-14-7-10(15(19)20-2)4-6-13(14)17/h3-8,18H,17H2,1-2H3. The molecule has 0 bridgehead atoms. The molecule has 20 heavy (non-hydrogen) atoms. The zero-order valence-corrected chi connectivity index (χ0v) is 11.2. The lowest BCUT2D eigenvalue weighted by Crippen LogP contribution is -2.04. The highest BCUT2D eigenvalue weighted by Gasteiger charge is 2.09. The molecule has 0 aliphatic rings. The van der Waals surface area contributed by atoms with Crippen molar-refractivity contribution in [3.8, 4) is 0 Å². The lowest BCUT2D eigenvalue weighted by Gasteiger charge is -2.11. The van der Waals surface area contributed by atoms with Gasteiger partial charge in [-0.05, 0) is 42.8 Å². The lowest BCUT2D eigenvalue weighted by molar-refractivity contribution is 0.0601. The van der Waals surface area contributed by atoms with Crippen molar-refractivity contribution in [3.63, 3.8) is 0 Å². The van der Waals surface area contributed by atoms with Crippen molar-refractivity contribution in [3.05, 3.63) is 53.3 Å². The third-order valence-electron chi connectivity index (χ3n) is 2.93. The smallest absolute Gasteiger partial charge is 0.337 e. The van der Waals surface area contributed by atoms with Crippen LogP contribution in [-0.4, -0.2) is 13.1 Å². The van der Waals surface area contributed by atoms with Gasteiger partial charge in [-0.2, -0.15) is 0 Å². The predicted octanol–water partition coefficient (Wildman–Crippen LogP) is 3.25. The minimum absolute atomic E-state index is 0.308. The second-order valence-corrected chi connectivity index (χ2v) is 4.38. The number of aryl methyl sites for hydroxylation is 1.